The van der Waals surface area contributed by atoms with Crippen molar-refractivity contribution in [2.24, 2.45) is 0 Å². The van der Waals surface area contributed by atoms with E-state index in [2.05, 4.69) is 5.32 Å². The van der Waals surface area contributed by atoms with Crippen LogP contribution >= 0.6 is 11.6 Å². The highest BCUT2D eigenvalue weighted by atomic mass is 35.5. The van der Waals surface area contributed by atoms with E-state index >= 15 is 0 Å². The fraction of sp³-hybridized carbons (Fsp3) is 0.500. The third-order valence-electron chi connectivity index (χ3n) is 3.16. The molecule has 1 aliphatic rings. The lowest BCUT2D eigenvalue weighted by molar-refractivity contribution is 0.586. The largest absolute Gasteiger partial charge is 0.320 e. The Labute approximate surface area is 107 Å². The van der Waals surface area contributed by atoms with E-state index in [9.17, 15) is 8.42 Å². The van der Waals surface area contributed by atoms with E-state index in [1.54, 1.807) is 18.2 Å². The van der Waals surface area contributed by atoms with Crippen LogP contribution in [-0.2, 0) is 9.84 Å². The minimum Gasteiger partial charge on any atom is -0.320 e. The molecule has 0 aromatic heterocycles. The Morgan fingerprint density at radius 3 is 2.94 bits per heavy atom. The molecule has 94 valence electrons. The van der Waals surface area contributed by atoms with E-state index < -0.39 is 9.84 Å². The van der Waals surface area contributed by atoms with Crippen molar-refractivity contribution in [1.29, 1.82) is 0 Å². The maximum Gasteiger partial charge on any atom is 0.179 e. The molecule has 0 amide bonds. The first-order valence-electron chi connectivity index (χ1n) is 5.72. The predicted octanol–water partition coefficient (Wildman–Crippen LogP) is 2.21. The quantitative estimate of drug-likeness (QED) is 0.856. The van der Waals surface area contributed by atoms with Crippen molar-refractivity contribution in [1.82, 2.24) is 5.32 Å². The molecule has 1 atom stereocenters. The monoisotopic (exact) mass is 273 g/mol. The molecule has 0 bridgehead atoms. The van der Waals surface area contributed by atoms with Gasteiger partial charge < -0.3 is 5.32 Å². The number of hydrogen-bond acceptors (Lipinski definition) is 3. The summed E-state index contributed by atoms with van der Waals surface area (Å²) in [5.41, 5.74) is 0.824. The van der Waals surface area contributed by atoms with Gasteiger partial charge in [-0.3, -0.25) is 0 Å². The molecule has 0 saturated heterocycles. The van der Waals surface area contributed by atoms with Gasteiger partial charge in [0.15, 0.2) is 9.84 Å². The van der Waals surface area contributed by atoms with E-state index in [0.29, 0.717) is 9.92 Å². The van der Waals surface area contributed by atoms with Gasteiger partial charge in [0.05, 0.1) is 10.6 Å². The fourth-order valence-electron chi connectivity index (χ4n) is 2.38. The van der Waals surface area contributed by atoms with Crippen LogP contribution in [0.25, 0.3) is 0 Å². The van der Waals surface area contributed by atoms with Gasteiger partial charge in [0.25, 0.3) is 0 Å². The number of benzene rings is 1. The SMILES string of the molecule is CNCCCC1CS(=O)(=O)c2cccc(Cl)c21. The molecular formula is C12H16ClNO2S. The van der Waals surface area contributed by atoms with Crippen molar-refractivity contribution in [3.8, 4) is 0 Å². The van der Waals surface area contributed by atoms with Crippen LogP contribution in [0.5, 0.6) is 0 Å². The molecule has 1 unspecified atom stereocenters. The van der Waals surface area contributed by atoms with Crippen LogP contribution in [0.3, 0.4) is 0 Å². The normalized spacial score (nSPS) is 21.4. The van der Waals surface area contributed by atoms with Gasteiger partial charge in [-0.05, 0) is 44.1 Å². The Hall–Kier alpha value is -0.580. The molecule has 5 heteroatoms. The highest BCUT2D eigenvalue weighted by Gasteiger charge is 2.35. The van der Waals surface area contributed by atoms with Gasteiger partial charge in [0, 0.05) is 10.9 Å². The van der Waals surface area contributed by atoms with Gasteiger partial charge in [-0.2, -0.15) is 0 Å². The zero-order valence-corrected chi connectivity index (χ0v) is 11.3. The lowest BCUT2D eigenvalue weighted by Gasteiger charge is -2.10. The summed E-state index contributed by atoms with van der Waals surface area (Å²) in [5.74, 6) is 0.257. The third kappa shape index (κ3) is 2.49. The third-order valence-corrected chi connectivity index (χ3v) is 5.35. The van der Waals surface area contributed by atoms with Crippen LogP contribution in [0, 0.1) is 0 Å². The molecular weight excluding hydrogens is 258 g/mol. The molecule has 1 N–H and O–H groups in total. The Kier molecular flexibility index (Phi) is 3.76. The average molecular weight is 274 g/mol. The van der Waals surface area contributed by atoms with E-state index in [1.807, 2.05) is 7.05 Å². The maximum atomic E-state index is 12.0. The number of halogens is 1. The van der Waals surface area contributed by atoms with Crippen LogP contribution in [0.2, 0.25) is 5.02 Å². The van der Waals surface area contributed by atoms with Gasteiger partial charge in [-0.15, -0.1) is 0 Å². The molecule has 0 radical (unpaired) electrons. The first-order chi connectivity index (χ1) is 8.06. The first kappa shape index (κ1) is 12.9. The van der Waals surface area contributed by atoms with Gasteiger partial charge in [0.2, 0.25) is 0 Å². The molecule has 0 spiro atoms. The number of sulfone groups is 1. The standard InChI is InChI=1S/C12H16ClNO2S/c1-14-7-3-4-9-8-17(15,16)11-6-2-5-10(13)12(9)11/h2,5-6,9,14H,3-4,7-8H2,1H3. The molecule has 17 heavy (non-hydrogen) atoms. The van der Waals surface area contributed by atoms with Crippen molar-refractivity contribution in [3.05, 3.63) is 28.8 Å². The predicted molar refractivity (Wildman–Crippen MR) is 69.4 cm³/mol. The summed E-state index contributed by atoms with van der Waals surface area (Å²) in [5, 5.41) is 3.65. The van der Waals surface area contributed by atoms with Gasteiger partial charge in [-0.25, -0.2) is 8.42 Å². The molecule has 2 rings (SSSR count). The topological polar surface area (TPSA) is 46.2 Å². The minimum atomic E-state index is -3.12. The number of rotatable bonds is 4. The first-order valence-corrected chi connectivity index (χ1v) is 7.75. The Morgan fingerprint density at radius 1 is 1.47 bits per heavy atom. The van der Waals surface area contributed by atoms with Crippen LogP contribution in [-0.4, -0.2) is 27.8 Å². The zero-order valence-electron chi connectivity index (χ0n) is 9.74. The van der Waals surface area contributed by atoms with Crippen molar-refractivity contribution < 1.29 is 8.42 Å². The number of fused-ring (bicyclic) bond motifs is 1. The summed E-state index contributed by atoms with van der Waals surface area (Å²) in [6.07, 6.45) is 1.82. The Bertz CT molecular complexity index is 513. The maximum absolute atomic E-state index is 12.0. The van der Waals surface area contributed by atoms with Crippen LogP contribution in [0.15, 0.2) is 23.1 Å². The van der Waals surface area contributed by atoms with Gasteiger partial charge in [-0.1, -0.05) is 17.7 Å². The van der Waals surface area contributed by atoms with Crippen molar-refractivity contribution >= 4 is 21.4 Å². The van der Waals surface area contributed by atoms with Gasteiger partial charge >= 0.3 is 0 Å². The summed E-state index contributed by atoms with van der Waals surface area (Å²) in [7, 11) is -1.22. The van der Waals surface area contributed by atoms with Crippen molar-refractivity contribution in [2.45, 2.75) is 23.7 Å². The zero-order chi connectivity index (χ0) is 12.5. The molecule has 1 heterocycles. The minimum absolute atomic E-state index is 0.0528. The number of hydrogen-bond donors (Lipinski definition) is 1. The summed E-state index contributed by atoms with van der Waals surface area (Å²) in [4.78, 5) is 0.430. The second-order valence-electron chi connectivity index (χ2n) is 4.38. The second-order valence-corrected chi connectivity index (χ2v) is 6.79. The van der Waals surface area contributed by atoms with Crippen LogP contribution in [0.1, 0.15) is 24.3 Å². The molecule has 0 aliphatic carbocycles. The summed E-state index contributed by atoms with van der Waals surface area (Å²) < 4.78 is 23.9. The Morgan fingerprint density at radius 2 is 2.24 bits per heavy atom. The van der Waals surface area contributed by atoms with E-state index in [1.165, 1.54) is 0 Å². The van der Waals surface area contributed by atoms with Crippen molar-refractivity contribution in [2.75, 3.05) is 19.3 Å². The highest BCUT2D eigenvalue weighted by molar-refractivity contribution is 7.91. The lowest BCUT2D eigenvalue weighted by Crippen LogP contribution is -2.10. The van der Waals surface area contributed by atoms with Gasteiger partial charge in [0.1, 0.15) is 0 Å². The van der Waals surface area contributed by atoms with E-state index in [0.717, 1.165) is 24.9 Å². The van der Waals surface area contributed by atoms with E-state index in [4.69, 9.17) is 11.6 Å². The lowest BCUT2D eigenvalue weighted by atomic mass is 9.96. The molecule has 3 nitrogen and oxygen atoms in total. The summed E-state index contributed by atoms with van der Waals surface area (Å²) >= 11 is 6.12. The van der Waals surface area contributed by atoms with Crippen LogP contribution in [0.4, 0.5) is 0 Å². The summed E-state index contributed by atoms with van der Waals surface area (Å²) in [6, 6.07) is 5.13. The van der Waals surface area contributed by atoms with Crippen molar-refractivity contribution in [3.63, 3.8) is 0 Å². The second kappa shape index (κ2) is 4.96. The molecule has 0 saturated carbocycles. The Balaban J connectivity index is 2.30. The number of nitrogens with one attached hydrogen (secondary N) is 1. The molecule has 1 aliphatic heterocycles. The fourth-order valence-corrected chi connectivity index (χ4v) is 4.70. The molecule has 1 aromatic carbocycles. The summed E-state index contributed by atoms with van der Waals surface area (Å²) in [6.45, 7) is 0.899. The smallest absolute Gasteiger partial charge is 0.179 e. The molecule has 0 fully saturated rings. The average Bonchev–Trinajstić information content (AvgIpc) is 2.53. The van der Waals surface area contributed by atoms with E-state index in [-0.39, 0.29) is 11.7 Å². The molecule has 1 aromatic rings. The highest BCUT2D eigenvalue weighted by Crippen LogP contribution is 2.41. The van der Waals surface area contributed by atoms with Crippen LogP contribution < -0.4 is 5.32 Å².